The van der Waals surface area contributed by atoms with Crippen molar-refractivity contribution < 1.29 is 19.1 Å². The number of ether oxygens (including phenoxy) is 1. The van der Waals surface area contributed by atoms with Crippen molar-refractivity contribution >= 4 is 16.8 Å². The van der Waals surface area contributed by atoms with Gasteiger partial charge in [0.2, 0.25) is 5.78 Å². The Morgan fingerprint density at radius 3 is 2.33 bits per heavy atom. The highest BCUT2D eigenvalue weighted by atomic mass is 16.5. The van der Waals surface area contributed by atoms with Crippen molar-refractivity contribution in [3.63, 3.8) is 0 Å². The Balaban J connectivity index is 2.64. The molecule has 4 nitrogen and oxygen atoms in total. The van der Waals surface area contributed by atoms with Gasteiger partial charge in [-0.2, -0.15) is 0 Å². The molecule has 0 spiro atoms. The lowest BCUT2D eigenvalue weighted by atomic mass is 9.82. The van der Waals surface area contributed by atoms with Gasteiger partial charge in [-0.15, -0.1) is 0 Å². The van der Waals surface area contributed by atoms with E-state index in [2.05, 4.69) is 0 Å². The normalized spacial score (nSPS) is 14.0. The Morgan fingerprint density at radius 2 is 1.83 bits per heavy atom. The molecule has 2 aromatic rings. The molecule has 2 rings (SSSR count). The van der Waals surface area contributed by atoms with Crippen LogP contribution in [0.4, 0.5) is 0 Å². The van der Waals surface area contributed by atoms with E-state index in [0.717, 1.165) is 10.9 Å². The summed E-state index contributed by atoms with van der Waals surface area (Å²) in [4.78, 5) is 12.8. The number of carbonyl (C=O) groups is 1. The van der Waals surface area contributed by atoms with Crippen LogP contribution in [-0.4, -0.2) is 24.1 Å². The van der Waals surface area contributed by atoms with Gasteiger partial charge in [0, 0.05) is 22.8 Å². The number of ketones is 1. The molecule has 1 heterocycles. The summed E-state index contributed by atoms with van der Waals surface area (Å²) < 4.78 is 11.2. The molecule has 1 atom stereocenters. The van der Waals surface area contributed by atoms with Crippen molar-refractivity contribution in [2.45, 2.75) is 54.1 Å². The third-order valence-corrected chi connectivity index (χ3v) is 4.28. The quantitative estimate of drug-likeness (QED) is 0.830. The Labute approximate surface area is 143 Å². The summed E-state index contributed by atoms with van der Waals surface area (Å²) in [5, 5.41) is 11.4. The summed E-state index contributed by atoms with van der Waals surface area (Å²) in [6.07, 6.45) is -0.225. The van der Waals surface area contributed by atoms with Crippen LogP contribution in [0.3, 0.4) is 0 Å². The number of furan rings is 1. The Kier molecular flexibility index (Phi) is 4.82. The topological polar surface area (TPSA) is 59.7 Å². The van der Waals surface area contributed by atoms with E-state index in [9.17, 15) is 9.90 Å². The first-order valence-electron chi connectivity index (χ1n) is 8.27. The number of fused-ring (bicyclic) bond motifs is 1. The number of benzene rings is 1. The molecular weight excluding hydrogens is 304 g/mol. The molecule has 132 valence electrons. The number of aliphatic hydroxyl groups excluding tert-OH is 1. The lowest BCUT2D eigenvalue weighted by molar-refractivity contribution is 0.0628. The van der Waals surface area contributed by atoms with Crippen LogP contribution in [0.2, 0.25) is 0 Å². The summed E-state index contributed by atoms with van der Waals surface area (Å²) in [7, 11) is 1.60. The fraction of sp³-hybridized carbons (Fsp3) is 0.550. The largest absolute Gasteiger partial charge is 0.497 e. The lowest BCUT2D eigenvalue weighted by Gasteiger charge is -2.26. The lowest BCUT2D eigenvalue weighted by Crippen LogP contribution is -2.29. The van der Waals surface area contributed by atoms with E-state index < -0.39 is 11.5 Å². The maximum absolute atomic E-state index is 12.8. The van der Waals surface area contributed by atoms with Gasteiger partial charge in [-0.25, -0.2) is 0 Å². The maximum Gasteiger partial charge on any atom is 0.203 e. The summed E-state index contributed by atoms with van der Waals surface area (Å²) in [6, 6.07) is 5.48. The fourth-order valence-electron chi connectivity index (χ4n) is 2.48. The summed E-state index contributed by atoms with van der Waals surface area (Å²) in [5.74, 6) is 0.979. The first-order chi connectivity index (χ1) is 10.9. The molecule has 4 heteroatoms. The molecule has 0 aliphatic heterocycles. The van der Waals surface area contributed by atoms with Crippen molar-refractivity contribution in [2.24, 2.45) is 10.8 Å². The van der Waals surface area contributed by atoms with Gasteiger partial charge in [-0.1, -0.05) is 41.5 Å². The fourth-order valence-corrected chi connectivity index (χ4v) is 2.48. The number of methoxy groups -OCH3 is 1. The average Bonchev–Trinajstić information content (AvgIpc) is 2.82. The van der Waals surface area contributed by atoms with Crippen LogP contribution in [0, 0.1) is 10.8 Å². The number of aliphatic hydroxyl groups is 1. The maximum atomic E-state index is 12.8. The summed E-state index contributed by atoms with van der Waals surface area (Å²) in [5.41, 5.74) is 0.551. The number of carbonyl (C=O) groups excluding carboxylic acids is 1. The first kappa shape index (κ1) is 18.5. The zero-order valence-corrected chi connectivity index (χ0v) is 15.7. The van der Waals surface area contributed by atoms with Gasteiger partial charge in [-0.3, -0.25) is 4.79 Å². The molecule has 0 saturated heterocycles. The Bertz CT molecular complexity index is 741. The summed E-state index contributed by atoms with van der Waals surface area (Å²) >= 11 is 0. The summed E-state index contributed by atoms with van der Waals surface area (Å²) in [6.45, 7) is 11.5. The van der Waals surface area contributed by atoms with Crippen LogP contribution in [0.15, 0.2) is 22.6 Å². The Morgan fingerprint density at radius 1 is 1.21 bits per heavy atom. The highest BCUT2D eigenvalue weighted by molar-refractivity contribution is 6.03. The second-order valence-electron chi connectivity index (χ2n) is 8.44. The van der Waals surface area contributed by atoms with Crippen LogP contribution in [0.25, 0.3) is 11.0 Å². The highest BCUT2D eigenvalue weighted by Gasteiger charge is 2.32. The molecule has 1 aromatic carbocycles. The van der Waals surface area contributed by atoms with E-state index in [1.807, 2.05) is 47.6 Å². The van der Waals surface area contributed by atoms with Crippen LogP contribution >= 0.6 is 0 Å². The molecule has 0 aliphatic rings. The molecule has 0 amide bonds. The highest BCUT2D eigenvalue weighted by Crippen LogP contribution is 2.35. The van der Waals surface area contributed by atoms with Gasteiger partial charge in [0.25, 0.3) is 0 Å². The van der Waals surface area contributed by atoms with Gasteiger partial charge < -0.3 is 14.3 Å². The molecule has 0 fully saturated rings. The smallest absolute Gasteiger partial charge is 0.203 e. The Hall–Kier alpha value is -1.81. The van der Waals surface area contributed by atoms with Crippen molar-refractivity contribution in [2.75, 3.05) is 7.11 Å². The first-order valence-corrected chi connectivity index (χ1v) is 8.27. The zero-order chi connectivity index (χ0) is 18.3. The average molecular weight is 332 g/mol. The van der Waals surface area contributed by atoms with Gasteiger partial charge in [0.05, 0.1) is 13.2 Å². The van der Waals surface area contributed by atoms with Crippen LogP contribution in [0.1, 0.15) is 57.7 Å². The molecule has 0 aliphatic carbocycles. The number of hydrogen-bond acceptors (Lipinski definition) is 4. The van der Waals surface area contributed by atoms with Gasteiger partial charge in [0.1, 0.15) is 11.3 Å². The predicted molar refractivity (Wildman–Crippen MR) is 95.7 cm³/mol. The van der Waals surface area contributed by atoms with Gasteiger partial charge in [0.15, 0.2) is 5.76 Å². The van der Waals surface area contributed by atoms with E-state index in [1.165, 1.54) is 0 Å². The standard InChI is InChI=1S/C20H28O4/c1-19(2,3)16(21)11-14-13-10-12(23-7)8-9-15(13)24-17(14)18(22)20(4,5)6/h8-10,16,21H,11H2,1-7H3. The molecule has 1 unspecified atom stereocenters. The van der Waals surface area contributed by atoms with Crippen molar-refractivity contribution in [1.29, 1.82) is 0 Å². The van der Waals surface area contributed by atoms with Crippen molar-refractivity contribution in [1.82, 2.24) is 0 Å². The molecule has 0 bridgehead atoms. The number of hydrogen-bond donors (Lipinski definition) is 1. The SMILES string of the molecule is COc1ccc2oc(C(=O)C(C)(C)C)c(CC(O)C(C)(C)C)c2c1. The van der Waals surface area contributed by atoms with Gasteiger partial charge >= 0.3 is 0 Å². The van der Waals surface area contributed by atoms with E-state index in [1.54, 1.807) is 19.2 Å². The minimum absolute atomic E-state index is 0.0613. The van der Waals surface area contributed by atoms with Crippen molar-refractivity contribution in [3.05, 3.63) is 29.5 Å². The molecule has 1 aromatic heterocycles. The minimum Gasteiger partial charge on any atom is -0.497 e. The molecule has 0 saturated carbocycles. The molecule has 1 N–H and O–H groups in total. The molecular formula is C20H28O4. The second kappa shape index (κ2) is 6.25. The number of Topliss-reactive ketones (excluding diaryl/α,β-unsaturated/α-hetero) is 1. The monoisotopic (exact) mass is 332 g/mol. The van der Waals surface area contributed by atoms with Crippen LogP contribution < -0.4 is 4.74 Å². The van der Waals surface area contributed by atoms with Crippen LogP contribution in [-0.2, 0) is 6.42 Å². The number of rotatable bonds is 4. The molecule has 24 heavy (non-hydrogen) atoms. The van der Waals surface area contributed by atoms with E-state index in [4.69, 9.17) is 9.15 Å². The second-order valence-corrected chi connectivity index (χ2v) is 8.44. The van der Waals surface area contributed by atoms with E-state index >= 15 is 0 Å². The third kappa shape index (κ3) is 3.64. The van der Waals surface area contributed by atoms with E-state index in [0.29, 0.717) is 23.5 Å². The molecule has 0 radical (unpaired) electrons. The predicted octanol–water partition coefficient (Wildman–Crippen LogP) is 4.62. The third-order valence-electron chi connectivity index (χ3n) is 4.28. The zero-order valence-electron chi connectivity index (χ0n) is 15.7. The van der Waals surface area contributed by atoms with Gasteiger partial charge in [-0.05, 0) is 23.6 Å². The minimum atomic E-state index is -0.587. The van der Waals surface area contributed by atoms with Crippen LogP contribution in [0.5, 0.6) is 5.75 Å². The van der Waals surface area contributed by atoms with Crippen molar-refractivity contribution in [3.8, 4) is 5.75 Å². The van der Waals surface area contributed by atoms with E-state index in [-0.39, 0.29) is 11.2 Å².